The van der Waals surface area contributed by atoms with E-state index in [0.717, 1.165) is 10.7 Å². The monoisotopic (exact) mass is 453 g/mol. The van der Waals surface area contributed by atoms with Crippen LogP contribution in [0.15, 0.2) is 121 Å². The maximum Gasteiger partial charge on any atom is 0.0547 e. The molecule has 2 heteroatoms. The van der Waals surface area contributed by atoms with Gasteiger partial charge in [-0.15, -0.1) is 0 Å². The number of rotatable bonds is 2. The Kier molecular flexibility index (Phi) is 4.27. The van der Waals surface area contributed by atoms with Crippen LogP contribution in [-0.4, -0.2) is 4.57 Å². The fraction of sp³-hybridized carbons (Fsp3) is 0. The molecule has 0 unspecified atom stereocenters. The highest BCUT2D eigenvalue weighted by Crippen LogP contribution is 2.41. The van der Waals surface area contributed by atoms with Crippen LogP contribution >= 0.6 is 11.6 Å². The van der Waals surface area contributed by atoms with Crippen LogP contribution in [0, 0.1) is 0 Å². The topological polar surface area (TPSA) is 4.93 Å². The molecule has 6 aromatic carbocycles. The minimum atomic E-state index is 0.737. The summed E-state index contributed by atoms with van der Waals surface area (Å²) in [6.07, 6.45) is 0. The fourth-order valence-electron chi connectivity index (χ4n) is 5.33. The first kappa shape index (κ1) is 19.4. The summed E-state index contributed by atoms with van der Waals surface area (Å²) >= 11 is 6.40. The minimum Gasteiger partial charge on any atom is -0.309 e. The molecule has 0 spiro atoms. The third kappa shape index (κ3) is 2.88. The van der Waals surface area contributed by atoms with Gasteiger partial charge in [0.25, 0.3) is 0 Å². The van der Waals surface area contributed by atoms with Gasteiger partial charge in [0.15, 0.2) is 0 Å². The van der Waals surface area contributed by atoms with Gasteiger partial charge in [0.1, 0.15) is 0 Å². The zero-order valence-electron chi connectivity index (χ0n) is 18.4. The van der Waals surface area contributed by atoms with Gasteiger partial charge >= 0.3 is 0 Å². The quantitative estimate of drug-likeness (QED) is 0.245. The number of nitrogens with zero attached hydrogens (tertiary/aromatic N) is 1. The molecule has 0 aliphatic rings. The molecule has 0 aliphatic heterocycles. The van der Waals surface area contributed by atoms with Crippen molar-refractivity contribution in [3.8, 4) is 16.8 Å². The molecular formula is C32H20ClN. The number of fused-ring (bicyclic) bond motifs is 6. The summed E-state index contributed by atoms with van der Waals surface area (Å²) in [6.45, 7) is 0. The maximum absolute atomic E-state index is 6.40. The smallest absolute Gasteiger partial charge is 0.0547 e. The minimum absolute atomic E-state index is 0.737. The lowest BCUT2D eigenvalue weighted by atomic mass is 9.93. The van der Waals surface area contributed by atoms with Crippen LogP contribution in [0.2, 0.25) is 5.02 Å². The Bertz CT molecular complexity index is 1880. The molecule has 1 heterocycles. The van der Waals surface area contributed by atoms with E-state index in [-0.39, 0.29) is 0 Å². The van der Waals surface area contributed by atoms with Crippen molar-refractivity contribution in [2.45, 2.75) is 0 Å². The number of hydrogen-bond acceptors (Lipinski definition) is 0. The first-order valence-electron chi connectivity index (χ1n) is 11.5. The summed E-state index contributed by atoms with van der Waals surface area (Å²) < 4.78 is 2.33. The van der Waals surface area contributed by atoms with Crippen molar-refractivity contribution in [2.75, 3.05) is 0 Å². The molecule has 0 bridgehead atoms. The molecule has 0 aliphatic carbocycles. The number of hydrogen-bond donors (Lipinski definition) is 0. The van der Waals surface area contributed by atoms with Gasteiger partial charge in [0.05, 0.1) is 11.0 Å². The van der Waals surface area contributed by atoms with E-state index in [2.05, 4.69) is 108 Å². The molecular weight excluding hydrogens is 434 g/mol. The highest BCUT2D eigenvalue weighted by molar-refractivity contribution is 6.31. The van der Waals surface area contributed by atoms with Crippen molar-refractivity contribution in [1.29, 1.82) is 0 Å². The Morgan fingerprint density at radius 1 is 0.500 bits per heavy atom. The number of para-hydroxylation sites is 1. The molecule has 0 radical (unpaired) electrons. The lowest BCUT2D eigenvalue weighted by Crippen LogP contribution is -1.93. The van der Waals surface area contributed by atoms with Gasteiger partial charge in [0, 0.05) is 21.5 Å². The summed E-state index contributed by atoms with van der Waals surface area (Å²) in [6, 6.07) is 43.2. The second kappa shape index (κ2) is 7.48. The van der Waals surface area contributed by atoms with Gasteiger partial charge in [-0.05, 0) is 69.1 Å². The summed E-state index contributed by atoms with van der Waals surface area (Å²) in [5, 5.41) is 8.30. The summed E-state index contributed by atoms with van der Waals surface area (Å²) in [5.74, 6) is 0. The lowest BCUT2D eigenvalue weighted by molar-refractivity contribution is 1.18. The second-order valence-electron chi connectivity index (χ2n) is 8.76. The lowest BCUT2D eigenvalue weighted by Gasteiger charge is -2.11. The number of benzene rings is 6. The van der Waals surface area contributed by atoms with Gasteiger partial charge in [-0.2, -0.15) is 0 Å². The first-order chi connectivity index (χ1) is 16.8. The van der Waals surface area contributed by atoms with E-state index in [1.807, 2.05) is 18.2 Å². The van der Waals surface area contributed by atoms with E-state index >= 15 is 0 Å². The molecule has 7 aromatic rings. The van der Waals surface area contributed by atoms with Crippen LogP contribution < -0.4 is 0 Å². The van der Waals surface area contributed by atoms with Crippen LogP contribution in [0.25, 0.3) is 60.2 Å². The third-order valence-corrected chi connectivity index (χ3v) is 7.04. The molecule has 0 saturated carbocycles. The summed E-state index contributed by atoms with van der Waals surface area (Å²) in [5.41, 5.74) is 5.92. The van der Waals surface area contributed by atoms with Crippen LogP contribution in [0.3, 0.4) is 0 Å². The molecule has 7 rings (SSSR count). The molecule has 0 atom stereocenters. The highest BCUT2D eigenvalue weighted by Gasteiger charge is 2.17. The van der Waals surface area contributed by atoms with Crippen LogP contribution in [-0.2, 0) is 0 Å². The van der Waals surface area contributed by atoms with Crippen molar-refractivity contribution in [3.63, 3.8) is 0 Å². The van der Waals surface area contributed by atoms with Crippen LogP contribution in [0.4, 0.5) is 0 Å². The fourth-order valence-corrected chi connectivity index (χ4v) is 5.51. The normalized spacial score (nSPS) is 11.7. The predicted octanol–water partition coefficient (Wildman–Crippen LogP) is 9.41. The van der Waals surface area contributed by atoms with Gasteiger partial charge in [-0.3, -0.25) is 0 Å². The molecule has 0 fully saturated rings. The zero-order valence-corrected chi connectivity index (χ0v) is 19.1. The third-order valence-electron chi connectivity index (χ3n) is 6.81. The predicted molar refractivity (Wildman–Crippen MR) is 146 cm³/mol. The van der Waals surface area contributed by atoms with Gasteiger partial charge in [0.2, 0.25) is 0 Å². The Balaban J connectivity index is 1.64. The average Bonchev–Trinajstić information content (AvgIpc) is 3.23. The van der Waals surface area contributed by atoms with E-state index in [1.165, 1.54) is 54.5 Å². The zero-order chi connectivity index (χ0) is 22.6. The van der Waals surface area contributed by atoms with Crippen molar-refractivity contribution < 1.29 is 0 Å². The SMILES string of the molecule is Clc1cccc(-n2c3ccccc3c3c4c(-c5ccc6ccccc6c5)cccc4ccc32)c1. The van der Waals surface area contributed by atoms with E-state index in [4.69, 9.17) is 11.6 Å². The van der Waals surface area contributed by atoms with E-state index in [1.54, 1.807) is 0 Å². The van der Waals surface area contributed by atoms with Gasteiger partial charge in [-0.25, -0.2) is 0 Å². The average molecular weight is 454 g/mol. The largest absolute Gasteiger partial charge is 0.309 e. The Labute approximate surface area is 202 Å². The second-order valence-corrected chi connectivity index (χ2v) is 9.19. The molecule has 0 saturated heterocycles. The van der Waals surface area contributed by atoms with Crippen molar-refractivity contribution in [1.82, 2.24) is 4.57 Å². The molecule has 34 heavy (non-hydrogen) atoms. The summed E-state index contributed by atoms with van der Waals surface area (Å²) in [7, 11) is 0. The summed E-state index contributed by atoms with van der Waals surface area (Å²) in [4.78, 5) is 0. The Morgan fingerprint density at radius 3 is 2.18 bits per heavy atom. The van der Waals surface area contributed by atoms with E-state index in [9.17, 15) is 0 Å². The van der Waals surface area contributed by atoms with Gasteiger partial charge < -0.3 is 4.57 Å². The molecule has 1 aromatic heterocycles. The van der Waals surface area contributed by atoms with E-state index in [0.29, 0.717) is 0 Å². The standard InChI is InChI=1S/C32H20ClN/c33-25-10-6-11-26(20-25)34-29-14-4-3-12-28(29)32-30(34)18-17-22-9-5-13-27(31(22)32)24-16-15-21-7-1-2-8-23(21)19-24/h1-20H. The number of halogens is 1. The van der Waals surface area contributed by atoms with E-state index < -0.39 is 0 Å². The maximum atomic E-state index is 6.40. The van der Waals surface area contributed by atoms with Crippen molar-refractivity contribution in [3.05, 3.63) is 126 Å². The van der Waals surface area contributed by atoms with Crippen LogP contribution in [0.1, 0.15) is 0 Å². The highest BCUT2D eigenvalue weighted by atomic mass is 35.5. The molecule has 0 N–H and O–H groups in total. The molecule has 0 amide bonds. The number of aromatic nitrogens is 1. The molecule has 160 valence electrons. The van der Waals surface area contributed by atoms with Crippen LogP contribution in [0.5, 0.6) is 0 Å². The van der Waals surface area contributed by atoms with Crippen molar-refractivity contribution in [2.24, 2.45) is 0 Å². The Morgan fingerprint density at radius 2 is 1.26 bits per heavy atom. The first-order valence-corrected chi connectivity index (χ1v) is 11.9. The Hall–Kier alpha value is -4.07. The van der Waals surface area contributed by atoms with Crippen molar-refractivity contribution >= 4 is 55.0 Å². The molecule has 1 nitrogen and oxygen atoms in total. The van der Waals surface area contributed by atoms with Gasteiger partial charge in [-0.1, -0.05) is 96.5 Å².